The maximum Gasteiger partial charge on any atom is 0.263 e. The lowest BCUT2D eigenvalue weighted by molar-refractivity contribution is 0.0420. The molecule has 0 saturated heterocycles. The first-order valence-corrected chi connectivity index (χ1v) is 7.30. The van der Waals surface area contributed by atoms with Crippen LogP contribution in [0.15, 0.2) is 18.2 Å². The molecule has 0 bridgehead atoms. The van der Waals surface area contributed by atoms with Crippen molar-refractivity contribution in [2.24, 2.45) is 5.92 Å². The summed E-state index contributed by atoms with van der Waals surface area (Å²) in [5.74, 6) is -0.358. The molecule has 4 N–H and O–H groups in total. The summed E-state index contributed by atoms with van der Waals surface area (Å²) in [7, 11) is 0. The lowest BCUT2D eigenvalue weighted by Crippen LogP contribution is -2.38. The number of fused-ring (bicyclic) bond motifs is 1. The van der Waals surface area contributed by atoms with E-state index in [1.165, 1.54) is 17.4 Å². The number of thiophene rings is 1. The number of carbonyl (C=O) groups excluding carboxylic acids is 1. The first-order chi connectivity index (χ1) is 9.56. The fraction of sp³-hybridized carbons (Fsp3) is 0.357. The van der Waals surface area contributed by atoms with Gasteiger partial charge in [-0.2, -0.15) is 0 Å². The molecular weight excluding hydrogens is 279 g/mol. The average molecular weight is 294 g/mol. The Hall–Kier alpha value is -1.66. The van der Waals surface area contributed by atoms with Crippen LogP contribution in [0.4, 0.5) is 10.1 Å². The lowest BCUT2D eigenvalue weighted by Gasteiger charge is -2.31. The van der Waals surface area contributed by atoms with E-state index in [4.69, 9.17) is 5.73 Å². The van der Waals surface area contributed by atoms with Gasteiger partial charge in [-0.3, -0.25) is 4.79 Å². The molecule has 0 atom stereocenters. The van der Waals surface area contributed by atoms with E-state index >= 15 is 0 Å². The molecule has 1 heterocycles. The van der Waals surface area contributed by atoms with Gasteiger partial charge in [0.15, 0.2) is 0 Å². The van der Waals surface area contributed by atoms with Crippen LogP contribution in [-0.4, -0.2) is 23.7 Å². The zero-order chi connectivity index (χ0) is 14.3. The van der Waals surface area contributed by atoms with Gasteiger partial charge in [0.05, 0.1) is 17.2 Å². The number of aliphatic hydroxyl groups is 1. The Bertz CT molecular complexity index is 664. The standard InChI is InChI=1S/C14H15FN2O2S/c15-9-2-1-3-10-11(9)12(16)13(20-10)14(19)17-6-7-4-8(18)5-7/h1-3,7-8,18H,4-6,16H2,(H,17,19). The van der Waals surface area contributed by atoms with Gasteiger partial charge in [-0.25, -0.2) is 4.39 Å². The molecule has 3 rings (SSSR count). The van der Waals surface area contributed by atoms with Crippen molar-refractivity contribution in [1.82, 2.24) is 5.32 Å². The number of nitrogens with one attached hydrogen (secondary N) is 1. The van der Waals surface area contributed by atoms with Crippen LogP contribution < -0.4 is 11.1 Å². The van der Waals surface area contributed by atoms with Crippen LogP contribution in [0.2, 0.25) is 0 Å². The molecule has 1 aromatic heterocycles. The number of rotatable bonds is 3. The molecule has 0 aliphatic heterocycles. The minimum atomic E-state index is -0.405. The number of aliphatic hydroxyl groups excluding tert-OH is 1. The van der Waals surface area contributed by atoms with Crippen LogP contribution in [0.5, 0.6) is 0 Å². The summed E-state index contributed by atoms with van der Waals surface area (Å²) in [6, 6.07) is 4.69. The predicted molar refractivity (Wildman–Crippen MR) is 77.3 cm³/mol. The predicted octanol–water partition coefficient (Wildman–Crippen LogP) is 2.12. The maximum absolute atomic E-state index is 13.7. The molecule has 1 aliphatic carbocycles. The fourth-order valence-corrected chi connectivity index (χ4v) is 3.54. The van der Waals surface area contributed by atoms with Gasteiger partial charge in [0.25, 0.3) is 5.91 Å². The topological polar surface area (TPSA) is 75.4 Å². The van der Waals surface area contributed by atoms with Gasteiger partial charge in [0, 0.05) is 11.2 Å². The van der Waals surface area contributed by atoms with E-state index < -0.39 is 5.82 Å². The summed E-state index contributed by atoms with van der Waals surface area (Å²) in [6.07, 6.45) is 1.20. The molecule has 1 aromatic carbocycles. The number of halogens is 1. The summed E-state index contributed by atoms with van der Waals surface area (Å²) in [4.78, 5) is 12.5. The molecule has 0 spiro atoms. The minimum absolute atomic E-state index is 0.203. The number of hydrogen-bond donors (Lipinski definition) is 3. The third-order valence-electron chi connectivity index (χ3n) is 3.67. The van der Waals surface area contributed by atoms with Crippen molar-refractivity contribution in [2.75, 3.05) is 12.3 Å². The van der Waals surface area contributed by atoms with Crippen LogP contribution in [0.25, 0.3) is 10.1 Å². The summed E-state index contributed by atoms with van der Waals surface area (Å²) in [6.45, 7) is 0.520. The Morgan fingerprint density at radius 1 is 1.50 bits per heavy atom. The van der Waals surface area contributed by atoms with Gasteiger partial charge in [-0.1, -0.05) is 6.07 Å². The molecule has 1 aliphatic rings. The quantitative estimate of drug-likeness (QED) is 0.811. The Morgan fingerprint density at radius 3 is 2.90 bits per heavy atom. The number of anilines is 1. The van der Waals surface area contributed by atoms with E-state index in [1.807, 2.05) is 0 Å². The van der Waals surface area contributed by atoms with Crippen molar-refractivity contribution in [1.29, 1.82) is 0 Å². The summed E-state index contributed by atoms with van der Waals surface area (Å²) in [5, 5.41) is 12.3. The average Bonchev–Trinajstić information content (AvgIpc) is 2.72. The van der Waals surface area contributed by atoms with Crippen molar-refractivity contribution >= 4 is 33.0 Å². The van der Waals surface area contributed by atoms with E-state index in [1.54, 1.807) is 12.1 Å². The summed E-state index contributed by atoms with van der Waals surface area (Å²) < 4.78 is 14.4. The van der Waals surface area contributed by atoms with E-state index in [-0.39, 0.29) is 17.7 Å². The third-order valence-corrected chi connectivity index (χ3v) is 4.84. The summed E-state index contributed by atoms with van der Waals surface area (Å²) >= 11 is 1.20. The minimum Gasteiger partial charge on any atom is -0.397 e. The SMILES string of the molecule is Nc1c(C(=O)NCC2CC(O)C2)sc2cccc(F)c12. The lowest BCUT2D eigenvalue weighted by atomic mass is 9.82. The number of hydrogen-bond acceptors (Lipinski definition) is 4. The first kappa shape index (κ1) is 13.3. The Labute approximate surface area is 119 Å². The van der Waals surface area contributed by atoms with Crippen LogP contribution >= 0.6 is 11.3 Å². The molecular formula is C14H15FN2O2S. The highest BCUT2D eigenvalue weighted by atomic mass is 32.1. The molecule has 4 nitrogen and oxygen atoms in total. The zero-order valence-electron chi connectivity index (χ0n) is 10.7. The highest BCUT2D eigenvalue weighted by Crippen LogP contribution is 2.35. The van der Waals surface area contributed by atoms with E-state index in [0.717, 1.165) is 12.8 Å². The molecule has 1 fully saturated rings. The fourth-order valence-electron chi connectivity index (χ4n) is 2.48. The van der Waals surface area contributed by atoms with Crippen molar-refractivity contribution in [2.45, 2.75) is 18.9 Å². The molecule has 6 heteroatoms. The second-order valence-electron chi connectivity index (χ2n) is 5.16. The van der Waals surface area contributed by atoms with Gasteiger partial charge >= 0.3 is 0 Å². The number of nitrogens with two attached hydrogens (primary N) is 1. The second kappa shape index (κ2) is 5.03. The van der Waals surface area contributed by atoms with Crippen LogP contribution in [0, 0.1) is 11.7 Å². The second-order valence-corrected chi connectivity index (χ2v) is 6.21. The van der Waals surface area contributed by atoms with Gasteiger partial charge in [-0.15, -0.1) is 11.3 Å². The highest BCUT2D eigenvalue weighted by molar-refractivity contribution is 7.21. The van der Waals surface area contributed by atoms with Gasteiger partial charge in [-0.05, 0) is 30.9 Å². The molecule has 1 amide bonds. The van der Waals surface area contributed by atoms with Crippen LogP contribution in [0.1, 0.15) is 22.5 Å². The van der Waals surface area contributed by atoms with Gasteiger partial charge in [0.1, 0.15) is 10.7 Å². The molecule has 0 unspecified atom stereocenters. The summed E-state index contributed by atoms with van der Waals surface area (Å²) in [5.41, 5.74) is 6.09. The highest BCUT2D eigenvalue weighted by Gasteiger charge is 2.28. The monoisotopic (exact) mass is 294 g/mol. The molecule has 1 saturated carbocycles. The van der Waals surface area contributed by atoms with E-state index in [9.17, 15) is 14.3 Å². The molecule has 106 valence electrons. The van der Waals surface area contributed by atoms with Gasteiger partial charge in [0.2, 0.25) is 0 Å². The van der Waals surface area contributed by atoms with Gasteiger partial charge < -0.3 is 16.2 Å². The number of carbonyl (C=O) groups is 1. The largest absolute Gasteiger partial charge is 0.397 e. The molecule has 20 heavy (non-hydrogen) atoms. The van der Waals surface area contributed by atoms with E-state index in [0.29, 0.717) is 27.4 Å². The Morgan fingerprint density at radius 2 is 2.25 bits per heavy atom. The zero-order valence-corrected chi connectivity index (χ0v) is 11.5. The molecule has 2 aromatic rings. The number of benzene rings is 1. The van der Waals surface area contributed by atoms with E-state index in [2.05, 4.69) is 5.32 Å². The Balaban J connectivity index is 1.78. The van der Waals surface area contributed by atoms with Crippen LogP contribution in [0.3, 0.4) is 0 Å². The maximum atomic E-state index is 13.7. The normalized spacial score (nSPS) is 21.7. The van der Waals surface area contributed by atoms with Crippen molar-refractivity contribution < 1.29 is 14.3 Å². The first-order valence-electron chi connectivity index (χ1n) is 6.49. The van der Waals surface area contributed by atoms with Crippen molar-refractivity contribution in [3.8, 4) is 0 Å². The third kappa shape index (κ3) is 2.25. The van der Waals surface area contributed by atoms with Crippen LogP contribution in [-0.2, 0) is 0 Å². The van der Waals surface area contributed by atoms with Crippen molar-refractivity contribution in [3.05, 3.63) is 28.9 Å². The smallest absolute Gasteiger partial charge is 0.263 e. The Kier molecular flexibility index (Phi) is 3.35. The van der Waals surface area contributed by atoms with Crippen molar-refractivity contribution in [3.63, 3.8) is 0 Å². The number of amides is 1. The number of nitrogen functional groups attached to an aromatic ring is 1. The molecule has 0 radical (unpaired) electrons.